The summed E-state index contributed by atoms with van der Waals surface area (Å²) >= 11 is 0. The van der Waals surface area contributed by atoms with Crippen LogP contribution in [0.25, 0.3) is 0 Å². The molecule has 34 heavy (non-hydrogen) atoms. The van der Waals surface area contributed by atoms with Gasteiger partial charge in [0.1, 0.15) is 5.78 Å². The van der Waals surface area contributed by atoms with E-state index in [2.05, 4.69) is 33.4 Å². The molecule has 4 saturated carbocycles. The molecular formula is C29H42O5. The Bertz CT molecular complexity index is 983. The van der Waals surface area contributed by atoms with E-state index in [-0.39, 0.29) is 47.4 Å². The van der Waals surface area contributed by atoms with E-state index in [0.29, 0.717) is 12.8 Å². The van der Waals surface area contributed by atoms with Crippen molar-refractivity contribution in [3.8, 4) is 0 Å². The van der Waals surface area contributed by atoms with Gasteiger partial charge >= 0.3 is 5.97 Å². The molecule has 9 atom stereocenters. The Morgan fingerprint density at radius 2 is 1.79 bits per heavy atom. The molecule has 0 aromatic rings. The van der Waals surface area contributed by atoms with Crippen LogP contribution >= 0.6 is 0 Å². The van der Waals surface area contributed by atoms with Crippen molar-refractivity contribution in [2.45, 2.75) is 91.6 Å². The average molecular weight is 471 g/mol. The van der Waals surface area contributed by atoms with E-state index >= 15 is 0 Å². The summed E-state index contributed by atoms with van der Waals surface area (Å²) in [5.41, 5.74) is 0.169. The molecule has 5 heteroatoms. The second-order valence-electron chi connectivity index (χ2n) is 13.3. The van der Waals surface area contributed by atoms with Crippen molar-refractivity contribution in [2.75, 3.05) is 6.61 Å². The third-order valence-corrected chi connectivity index (χ3v) is 12.5. The number of carboxylic acid groups (broad SMARTS) is 1. The van der Waals surface area contributed by atoms with Crippen LogP contribution in [0.2, 0.25) is 0 Å². The number of ketones is 1. The first kappa shape index (κ1) is 24.2. The number of carbonyl (C=O) groups is 2. The van der Waals surface area contributed by atoms with Gasteiger partial charge in [0.05, 0.1) is 18.1 Å². The van der Waals surface area contributed by atoms with Crippen LogP contribution in [0.15, 0.2) is 23.8 Å². The Labute approximate surface area is 203 Å². The van der Waals surface area contributed by atoms with Crippen LogP contribution in [0.4, 0.5) is 0 Å². The summed E-state index contributed by atoms with van der Waals surface area (Å²) in [5, 5.41) is 31.5. The fraction of sp³-hybridized carbons (Fsp3) is 0.793. The Balaban J connectivity index is 1.63. The number of carbonyl (C=O) groups excluding carboxylic acids is 1. The van der Waals surface area contributed by atoms with Gasteiger partial charge in [-0.15, -0.1) is 0 Å². The van der Waals surface area contributed by atoms with E-state index in [1.54, 1.807) is 0 Å². The second kappa shape index (κ2) is 7.29. The maximum Gasteiger partial charge on any atom is 0.310 e. The molecule has 5 nitrogen and oxygen atoms in total. The highest BCUT2D eigenvalue weighted by Crippen LogP contribution is 2.74. The summed E-state index contributed by atoms with van der Waals surface area (Å²) in [5.74, 6) is -0.489. The number of carboxylic acids is 1. The average Bonchev–Trinajstić information content (AvgIpc) is 2.78. The zero-order valence-electron chi connectivity index (χ0n) is 21.3. The van der Waals surface area contributed by atoms with Crippen LogP contribution < -0.4 is 0 Å². The minimum absolute atomic E-state index is 0.0140. The molecule has 3 N–H and O–H groups in total. The number of hydrogen-bond acceptors (Lipinski definition) is 4. The number of rotatable bonds is 2. The minimum atomic E-state index is -0.808. The number of hydrogen-bond donors (Lipinski definition) is 3. The van der Waals surface area contributed by atoms with Crippen molar-refractivity contribution in [3.05, 3.63) is 23.8 Å². The van der Waals surface area contributed by atoms with E-state index in [9.17, 15) is 24.9 Å². The molecule has 0 saturated heterocycles. The van der Waals surface area contributed by atoms with Gasteiger partial charge in [-0.3, -0.25) is 9.59 Å². The second-order valence-corrected chi connectivity index (χ2v) is 13.3. The molecule has 0 heterocycles. The van der Waals surface area contributed by atoms with Crippen molar-refractivity contribution in [1.29, 1.82) is 0 Å². The van der Waals surface area contributed by atoms with Crippen LogP contribution in [-0.2, 0) is 9.59 Å². The zero-order valence-corrected chi connectivity index (χ0v) is 21.3. The van der Waals surface area contributed by atoms with Crippen molar-refractivity contribution in [1.82, 2.24) is 0 Å². The monoisotopic (exact) mass is 470 g/mol. The lowest BCUT2D eigenvalue weighted by atomic mass is 9.33. The summed E-state index contributed by atoms with van der Waals surface area (Å²) in [6.07, 6.45) is 7.82. The smallest absolute Gasteiger partial charge is 0.310 e. The van der Waals surface area contributed by atoms with E-state index in [0.717, 1.165) is 44.1 Å². The number of aliphatic hydroxyl groups is 2. The van der Waals surface area contributed by atoms with Gasteiger partial charge in [-0.1, -0.05) is 51.5 Å². The molecular weight excluding hydrogens is 428 g/mol. The lowest BCUT2D eigenvalue weighted by Crippen LogP contribution is -2.68. The number of fused-ring (bicyclic) bond motifs is 7. The number of aliphatic carboxylic acids is 1. The standard InChI is InChI=1S/C29H42O5/c1-17-8-11-29(24(33)34)13-12-26(3)18(19(29)14-17)6-7-21-27(26,4)10-9-20-25(2,16-30)22(31)15-23(32)28(20,21)5/h6,19-22,30-31H,1,7-16H2,2-5H3,(H,33,34). The fourth-order valence-corrected chi connectivity index (χ4v) is 9.93. The van der Waals surface area contributed by atoms with Crippen LogP contribution in [0, 0.1) is 44.8 Å². The van der Waals surface area contributed by atoms with Crippen LogP contribution in [0.1, 0.15) is 85.5 Å². The van der Waals surface area contributed by atoms with Gasteiger partial charge in [0, 0.05) is 23.2 Å². The predicted molar refractivity (Wildman–Crippen MR) is 130 cm³/mol. The Morgan fingerprint density at radius 3 is 2.44 bits per heavy atom. The predicted octanol–water partition coefficient (Wildman–Crippen LogP) is 4.92. The molecule has 0 aromatic heterocycles. The lowest BCUT2D eigenvalue weighted by Gasteiger charge is -2.70. The van der Waals surface area contributed by atoms with Crippen molar-refractivity contribution < 1.29 is 24.9 Å². The molecule has 5 rings (SSSR count). The highest BCUT2D eigenvalue weighted by Gasteiger charge is 2.71. The van der Waals surface area contributed by atoms with Crippen molar-refractivity contribution in [2.24, 2.45) is 44.8 Å². The molecule has 0 aliphatic heterocycles. The number of allylic oxidation sites excluding steroid dienone is 3. The minimum Gasteiger partial charge on any atom is -0.481 e. The van der Waals surface area contributed by atoms with Crippen LogP contribution in [0.5, 0.6) is 0 Å². The molecule has 0 radical (unpaired) electrons. The van der Waals surface area contributed by atoms with Crippen LogP contribution in [-0.4, -0.2) is 39.8 Å². The first-order valence-electron chi connectivity index (χ1n) is 13.2. The van der Waals surface area contributed by atoms with E-state index in [1.807, 2.05) is 6.92 Å². The third kappa shape index (κ3) is 2.64. The normalized spacial score (nSPS) is 52.6. The molecule has 9 unspecified atom stereocenters. The van der Waals surface area contributed by atoms with Gasteiger partial charge in [-0.25, -0.2) is 0 Å². The summed E-state index contributed by atoms with van der Waals surface area (Å²) in [6.45, 7) is 12.9. The molecule has 5 aliphatic carbocycles. The molecule has 0 amide bonds. The maximum absolute atomic E-state index is 13.7. The summed E-state index contributed by atoms with van der Waals surface area (Å²) in [4.78, 5) is 26.3. The van der Waals surface area contributed by atoms with Crippen LogP contribution in [0.3, 0.4) is 0 Å². The summed E-state index contributed by atoms with van der Waals surface area (Å²) in [6, 6.07) is 0. The van der Waals surface area contributed by atoms with Gasteiger partial charge in [-0.05, 0) is 74.0 Å². The number of Topliss-reactive ketones (excluding diaryl/α,β-unsaturated/α-hetero) is 1. The quantitative estimate of drug-likeness (QED) is 0.498. The van der Waals surface area contributed by atoms with E-state index in [4.69, 9.17) is 0 Å². The molecule has 4 fully saturated rings. The summed E-state index contributed by atoms with van der Waals surface area (Å²) < 4.78 is 0. The van der Waals surface area contributed by atoms with E-state index in [1.165, 1.54) is 5.57 Å². The van der Waals surface area contributed by atoms with Gasteiger partial charge < -0.3 is 15.3 Å². The van der Waals surface area contributed by atoms with Gasteiger partial charge in [-0.2, -0.15) is 0 Å². The van der Waals surface area contributed by atoms with Gasteiger partial charge in [0.25, 0.3) is 0 Å². The Kier molecular flexibility index (Phi) is 5.20. The SMILES string of the molecule is C=C1CCC2(C(=O)O)CCC3(C)C(=CCC4C5(C)C(=O)CC(O)C(C)(CO)C5CCC43C)C2C1. The first-order valence-corrected chi connectivity index (χ1v) is 13.2. The topological polar surface area (TPSA) is 94.8 Å². The molecule has 0 aromatic carbocycles. The first-order chi connectivity index (χ1) is 15.8. The number of aliphatic hydroxyl groups excluding tert-OH is 2. The van der Waals surface area contributed by atoms with Gasteiger partial charge in [0.15, 0.2) is 0 Å². The fourth-order valence-electron chi connectivity index (χ4n) is 9.93. The third-order valence-electron chi connectivity index (χ3n) is 12.5. The molecule has 0 bridgehead atoms. The van der Waals surface area contributed by atoms with Gasteiger partial charge in [0.2, 0.25) is 0 Å². The Morgan fingerprint density at radius 1 is 1.09 bits per heavy atom. The van der Waals surface area contributed by atoms with Crippen molar-refractivity contribution in [3.63, 3.8) is 0 Å². The Hall–Kier alpha value is -1.46. The molecule has 0 spiro atoms. The lowest BCUT2D eigenvalue weighted by molar-refractivity contribution is -0.210. The highest BCUT2D eigenvalue weighted by atomic mass is 16.4. The van der Waals surface area contributed by atoms with E-state index < -0.39 is 28.3 Å². The maximum atomic E-state index is 13.7. The zero-order chi connectivity index (χ0) is 24.9. The highest BCUT2D eigenvalue weighted by molar-refractivity contribution is 5.87. The molecule has 5 aliphatic rings. The summed E-state index contributed by atoms with van der Waals surface area (Å²) in [7, 11) is 0. The molecule has 188 valence electrons. The largest absolute Gasteiger partial charge is 0.481 e. The van der Waals surface area contributed by atoms with Crippen molar-refractivity contribution >= 4 is 11.8 Å².